The summed E-state index contributed by atoms with van der Waals surface area (Å²) < 4.78 is 52.0. The van der Waals surface area contributed by atoms with Gasteiger partial charge in [0.15, 0.2) is 5.75 Å². The smallest absolute Gasteiger partial charge is 0.232 e. The minimum absolute atomic E-state index is 0.170. The molecule has 0 radical (unpaired) electrons. The van der Waals surface area contributed by atoms with E-state index in [0.717, 1.165) is 28.7 Å². The number of hydrogen-bond acceptors (Lipinski definition) is 6. The maximum absolute atomic E-state index is 13.4. The number of fused-ring (bicyclic) bond motifs is 2. The van der Waals surface area contributed by atoms with Crippen LogP contribution in [0.4, 0.5) is 10.1 Å². The Morgan fingerprint density at radius 1 is 1.03 bits per heavy atom. The molecule has 2 heterocycles. The van der Waals surface area contributed by atoms with Crippen LogP contribution in [0.1, 0.15) is 23.6 Å². The first-order valence-electron chi connectivity index (χ1n) is 12.3. The number of pyridine rings is 1. The number of aromatic hydroxyl groups is 1. The highest BCUT2D eigenvalue weighted by Gasteiger charge is 2.27. The Balaban J connectivity index is 1.70. The molecule has 0 saturated heterocycles. The minimum Gasteiger partial charge on any atom is -0.497 e. The van der Waals surface area contributed by atoms with Crippen LogP contribution in [0.5, 0.6) is 17.4 Å². The summed E-state index contributed by atoms with van der Waals surface area (Å²) in [6.07, 6.45) is 4.89. The van der Waals surface area contributed by atoms with E-state index in [-0.39, 0.29) is 24.8 Å². The zero-order valence-corrected chi connectivity index (χ0v) is 22.5. The van der Waals surface area contributed by atoms with Crippen molar-refractivity contribution in [3.63, 3.8) is 0 Å². The lowest BCUT2D eigenvalue weighted by Gasteiger charge is -2.25. The van der Waals surface area contributed by atoms with E-state index in [1.54, 1.807) is 32.4 Å². The molecule has 202 valence electrons. The van der Waals surface area contributed by atoms with Crippen LogP contribution in [0.15, 0.2) is 67.0 Å². The van der Waals surface area contributed by atoms with Crippen molar-refractivity contribution in [1.29, 1.82) is 0 Å². The molecule has 0 fully saturated rings. The zero-order valence-electron chi connectivity index (χ0n) is 21.7. The van der Waals surface area contributed by atoms with Gasteiger partial charge in [-0.3, -0.25) is 4.31 Å². The van der Waals surface area contributed by atoms with Gasteiger partial charge in [0.25, 0.3) is 0 Å². The van der Waals surface area contributed by atoms with Crippen molar-refractivity contribution in [3.05, 3.63) is 89.5 Å². The Morgan fingerprint density at radius 2 is 1.72 bits per heavy atom. The number of sulfonamides is 1. The molecule has 5 aromatic rings. The van der Waals surface area contributed by atoms with E-state index >= 15 is 0 Å². The molecule has 0 aliphatic rings. The molecule has 0 aliphatic carbocycles. The predicted molar refractivity (Wildman–Crippen MR) is 150 cm³/mol. The van der Waals surface area contributed by atoms with Gasteiger partial charge in [0, 0.05) is 29.7 Å². The van der Waals surface area contributed by atoms with E-state index < -0.39 is 10.0 Å². The number of rotatable bonds is 9. The molecule has 0 amide bonds. The van der Waals surface area contributed by atoms with Crippen LogP contribution in [0.25, 0.3) is 21.7 Å². The molecule has 0 atom stereocenters. The number of halogens is 1. The Morgan fingerprint density at radius 3 is 2.36 bits per heavy atom. The van der Waals surface area contributed by atoms with E-state index in [1.807, 2.05) is 30.3 Å². The molecule has 0 unspecified atom stereocenters. The van der Waals surface area contributed by atoms with Gasteiger partial charge < -0.3 is 19.6 Å². The Labute approximate surface area is 225 Å². The van der Waals surface area contributed by atoms with E-state index in [2.05, 4.69) is 9.97 Å². The SMILES string of the molecule is CCN(c1c2cc(Cc3ccc(F)cc3)c[nH]c2c(OCc2ccc(OC)cc2)c2c(O)ncc12)S(C)(=O)=O. The lowest BCUT2D eigenvalue weighted by molar-refractivity contribution is 0.312. The summed E-state index contributed by atoms with van der Waals surface area (Å²) in [7, 11) is -2.08. The van der Waals surface area contributed by atoms with Crippen molar-refractivity contribution in [3.8, 4) is 17.4 Å². The highest BCUT2D eigenvalue weighted by atomic mass is 32.2. The highest BCUT2D eigenvalue weighted by Crippen LogP contribution is 2.46. The van der Waals surface area contributed by atoms with Crippen molar-refractivity contribution in [2.45, 2.75) is 20.0 Å². The van der Waals surface area contributed by atoms with Gasteiger partial charge in [-0.25, -0.2) is 17.8 Å². The average molecular weight is 550 g/mol. The van der Waals surface area contributed by atoms with E-state index in [0.29, 0.717) is 39.5 Å². The van der Waals surface area contributed by atoms with Crippen LogP contribution in [0, 0.1) is 5.82 Å². The van der Waals surface area contributed by atoms with Gasteiger partial charge >= 0.3 is 0 Å². The van der Waals surface area contributed by atoms with Gasteiger partial charge in [-0.2, -0.15) is 0 Å². The molecule has 5 rings (SSSR count). The van der Waals surface area contributed by atoms with Crippen LogP contribution < -0.4 is 13.8 Å². The number of ether oxygens (including phenoxy) is 2. The number of nitrogens with zero attached hydrogens (tertiary/aromatic N) is 2. The first-order valence-corrected chi connectivity index (χ1v) is 14.2. The third-order valence-corrected chi connectivity index (χ3v) is 7.82. The molecule has 3 aromatic carbocycles. The zero-order chi connectivity index (χ0) is 27.7. The van der Waals surface area contributed by atoms with Gasteiger partial charge in [-0.05, 0) is 60.4 Å². The quantitative estimate of drug-likeness (QED) is 0.251. The third-order valence-electron chi connectivity index (χ3n) is 6.57. The van der Waals surface area contributed by atoms with Crippen LogP contribution in [0.2, 0.25) is 0 Å². The van der Waals surface area contributed by atoms with E-state index in [1.165, 1.54) is 22.6 Å². The van der Waals surface area contributed by atoms with Gasteiger partial charge in [0.05, 0.1) is 30.0 Å². The summed E-state index contributed by atoms with van der Waals surface area (Å²) in [4.78, 5) is 7.38. The minimum atomic E-state index is -3.68. The summed E-state index contributed by atoms with van der Waals surface area (Å²) in [5.74, 6) is 0.498. The van der Waals surface area contributed by atoms with Crippen LogP contribution >= 0.6 is 0 Å². The largest absolute Gasteiger partial charge is 0.497 e. The fraction of sp³-hybridized carbons (Fsp3) is 0.207. The van der Waals surface area contributed by atoms with Crippen molar-refractivity contribution in [2.75, 3.05) is 24.2 Å². The second-order valence-electron chi connectivity index (χ2n) is 9.21. The highest BCUT2D eigenvalue weighted by molar-refractivity contribution is 7.92. The number of aromatic nitrogens is 2. The van der Waals surface area contributed by atoms with Gasteiger partial charge in [0.2, 0.25) is 15.9 Å². The standard InChI is InChI=1S/C29H28FN3O5S/c1-4-33(39(3,35)36)27-23-14-20(13-18-5-9-21(30)10-6-18)15-31-26(23)28(25-24(27)16-32-29(25)34)38-17-19-7-11-22(37-2)12-8-19/h5-12,14-16,31,34H,4,13,17H2,1-3H3. The summed E-state index contributed by atoms with van der Waals surface area (Å²) in [5.41, 5.74) is 3.53. The predicted octanol–water partition coefficient (Wildman–Crippen LogP) is 5.53. The molecule has 2 aromatic heterocycles. The van der Waals surface area contributed by atoms with Gasteiger partial charge in [-0.1, -0.05) is 24.3 Å². The number of benzene rings is 3. The second kappa shape index (κ2) is 10.5. The maximum Gasteiger partial charge on any atom is 0.232 e. The maximum atomic E-state index is 13.4. The van der Waals surface area contributed by atoms with Gasteiger partial charge in [0.1, 0.15) is 18.2 Å². The van der Waals surface area contributed by atoms with Crippen LogP contribution in [-0.2, 0) is 23.1 Å². The van der Waals surface area contributed by atoms with Crippen LogP contribution in [-0.4, -0.2) is 43.4 Å². The molecule has 2 N–H and O–H groups in total. The van der Waals surface area contributed by atoms with Crippen molar-refractivity contribution in [1.82, 2.24) is 9.97 Å². The molecule has 10 heteroatoms. The second-order valence-corrected chi connectivity index (χ2v) is 11.1. The molecular formula is C29H28FN3O5S. The lowest BCUT2D eigenvalue weighted by Crippen LogP contribution is -2.29. The molecule has 0 bridgehead atoms. The molecule has 0 saturated carbocycles. The Hall–Kier alpha value is -4.31. The molecular weight excluding hydrogens is 521 g/mol. The third kappa shape index (κ3) is 5.20. The first kappa shape index (κ1) is 26.3. The summed E-state index contributed by atoms with van der Waals surface area (Å²) in [6, 6.07) is 15.5. The number of nitrogens with one attached hydrogen (secondary N) is 1. The topological polar surface area (TPSA) is 105 Å². The summed E-state index contributed by atoms with van der Waals surface area (Å²) in [5, 5.41) is 12.1. The number of anilines is 1. The molecule has 8 nitrogen and oxygen atoms in total. The molecule has 39 heavy (non-hydrogen) atoms. The fourth-order valence-electron chi connectivity index (χ4n) is 4.75. The first-order chi connectivity index (χ1) is 18.7. The Kier molecular flexibility index (Phi) is 7.05. The van der Waals surface area contributed by atoms with E-state index in [9.17, 15) is 17.9 Å². The van der Waals surface area contributed by atoms with Crippen molar-refractivity contribution < 1.29 is 27.4 Å². The van der Waals surface area contributed by atoms with E-state index in [4.69, 9.17) is 9.47 Å². The lowest BCUT2D eigenvalue weighted by atomic mass is 10.0. The van der Waals surface area contributed by atoms with Crippen molar-refractivity contribution in [2.24, 2.45) is 0 Å². The summed E-state index contributed by atoms with van der Waals surface area (Å²) >= 11 is 0. The fourth-order valence-corrected chi connectivity index (χ4v) is 5.75. The average Bonchev–Trinajstić information content (AvgIpc) is 3.30. The molecule has 0 spiro atoms. The van der Waals surface area contributed by atoms with Crippen LogP contribution in [0.3, 0.4) is 0 Å². The number of methoxy groups -OCH3 is 1. The monoisotopic (exact) mass is 549 g/mol. The number of hydrogen-bond donors (Lipinski definition) is 2. The number of H-pyrrole nitrogens is 1. The Bertz CT molecular complexity index is 1750. The molecule has 0 aliphatic heterocycles. The normalized spacial score (nSPS) is 11.7. The summed E-state index contributed by atoms with van der Waals surface area (Å²) in [6.45, 7) is 2.10. The number of aromatic amines is 1. The van der Waals surface area contributed by atoms with Crippen molar-refractivity contribution >= 4 is 37.4 Å². The van der Waals surface area contributed by atoms with Gasteiger partial charge in [-0.15, -0.1) is 0 Å².